The zero-order valence-electron chi connectivity index (χ0n) is 13.8. The molecule has 0 radical (unpaired) electrons. The summed E-state index contributed by atoms with van der Waals surface area (Å²) in [5.41, 5.74) is 0.694. The summed E-state index contributed by atoms with van der Waals surface area (Å²) in [6.45, 7) is 4.89. The van der Waals surface area contributed by atoms with Crippen LogP contribution in [0.4, 0.5) is 0 Å². The third-order valence-electron chi connectivity index (χ3n) is 4.04. The van der Waals surface area contributed by atoms with E-state index in [-0.39, 0.29) is 17.4 Å². The summed E-state index contributed by atoms with van der Waals surface area (Å²) >= 11 is 0. The molecule has 0 spiro atoms. The number of ether oxygens (including phenoxy) is 1. The highest BCUT2D eigenvalue weighted by molar-refractivity contribution is 7.89. The molecule has 0 aromatic heterocycles. The average Bonchev–Trinajstić information content (AvgIpc) is 2.53. The Morgan fingerprint density at radius 2 is 2.17 bits per heavy atom. The molecule has 1 aromatic carbocycles. The molecule has 1 unspecified atom stereocenters. The lowest BCUT2D eigenvalue weighted by atomic mass is 10.0. The number of sulfonamides is 1. The minimum atomic E-state index is -3.47. The quantitative estimate of drug-likeness (QED) is 0.882. The molecule has 2 rings (SSSR count). The maximum Gasteiger partial charge on any atom is 0.257 e. The van der Waals surface area contributed by atoms with Crippen LogP contribution in [0.3, 0.4) is 0 Å². The molecule has 1 amide bonds. The van der Waals surface area contributed by atoms with Crippen LogP contribution in [0.1, 0.15) is 25.3 Å². The lowest BCUT2D eigenvalue weighted by Gasteiger charge is -2.30. The molecule has 1 fully saturated rings. The highest BCUT2D eigenvalue weighted by Gasteiger charge is 2.28. The van der Waals surface area contributed by atoms with Gasteiger partial charge in [-0.2, -0.15) is 4.31 Å². The largest absolute Gasteiger partial charge is 0.484 e. The molecule has 0 bridgehead atoms. The second-order valence-corrected chi connectivity index (χ2v) is 7.94. The molecule has 1 aliphatic rings. The molecule has 1 aliphatic heterocycles. The van der Waals surface area contributed by atoms with Gasteiger partial charge >= 0.3 is 0 Å². The Balaban J connectivity index is 2.17. The molecule has 0 saturated carbocycles. The number of nitrogens with zero attached hydrogens (tertiary/aromatic N) is 1. The Labute approximate surface area is 137 Å². The van der Waals surface area contributed by atoms with Crippen molar-refractivity contribution in [2.45, 2.75) is 31.6 Å². The molecule has 0 aliphatic carbocycles. The number of hydrogen-bond acceptors (Lipinski definition) is 4. The van der Waals surface area contributed by atoms with Crippen molar-refractivity contribution in [2.75, 3.05) is 26.7 Å². The van der Waals surface area contributed by atoms with E-state index < -0.39 is 10.0 Å². The topological polar surface area (TPSA) is 75.7 Å². The van der Waals surface area contributed by atoms with Crippen LogP contribution in [0.25, 0.3) is 0 Å². The number of likely N-dealkylation sites (N-methyl/N-ethyl adjacent to an activating group) is 1. The Morgan fingerprint density at radius 3 is 2.78 bits per heavy atom. The molecular weight excluding hydrogens is 316 g/mol. The van der Waals surface area contributed by atoms with Gasteiger partial charge in [0.05, 0.1) is 4.90 Å². The van der Waals surface area contributed by atoms with Crippen molar-refractivity contribution in [2.24, 2.45) is 5.92 Å². The Bertz CT molecular complexity index is 673. The van der Waals surface area contributed by atoms with Crippen LogP contribution in [0.15, 0.2) is 23.1 Å². The van der Waals surface area contributed by atoms with Gasteiger partial charge in [0, 0.05) is 20.1 Å². The van der Waals surface area contributed by atoms with Crippen molar-refractivity contribution in [3.05, 3.63) is 23.8 Å². The van der Waals surface area contributed by atoms with Crippen LogP contribution in [0, 0.1) is 12.8 Å². The first kappa shape index (κ1) is 17.7. The molecule has 1 N–H and O–H groups in total. The van der Waals surface area contributed by atoms with Gasteiger partial charge in [-0.15, -0.1) is 0 Å². The number of carbonyl (C=O) groups excluding carboxylic acids is 1. The van der Waals surface area contributed by atoms with Gasteiger partial charge in [-0.3, -0.25) is 4.79 Å². The van der Waals surface area contributed by atoms with E-state index in [9.17, 15) is 13.2 Å². The fraction of sp³-hybridized carbons (Fsp3) is 0.562. The summed E-state index contributed by atoms with van der Waals surface area (Å²) in [7, 11) is -1.94. The fourth-order valence-corrected chi connectivity index (χ4v) is 4.36. The molecule has 1 aromatic rings. The zero-order chi connectivity index (χ0) is 17.0. The monoisotopic (exact) mass is 340 g/mol. The first-order chi connectivity index (χ1) is 10.8. The molecule has 23 heavy (non-hydrogen) atoms. The van der Waals surface area contributed by atoms with Crippen molar-refractivity contribution in [3.63, 3.8) is 0 Å². The highest BCUT2D eigenvalue weighted by Crippen LogP contribution is 2.27. The number of benzene rings is 1. The van der Waals surface area contributed by atoms with Gasteiger partial charge in [0.1, 0.15) is 5.75 Å². The van der Waals surface area contributed by atoms with Gasteiger partial charge in [-0.1, -0.05) is 6.92 Å². The lowest BCUT2D eigenvalue weighted by Crippen LogP contribution is -2.39. The standard InChI is InChI=1S/C16H24N2O4S/c1-12-5-4-8-18(10-12)23(20,21)14-6-7-15(13(2)9-14)22-11-16(19)17-3/h6-7,9,12H,4-5,8,10-11H2,1-3H3,(H,17,19). The summed E-state index contributed by atoms with van der Waals surface area (Å²) in [4.78, 5) is 11.5. The van der Waals surface area contributed by atoms with Crippen LogP contribution in [-0.4, -0.2) is 45.4 Å². The van der Waals surface area contributed by atoms with Crippen molar-refractivity contribution in [1.29, 1.82) is 0 Å². The molecule has 7 heteroatoms. The summed E-state index contributed by atoms with van der Waals surface area (Å²) < 4.78 is 32.4. The maximum absolute atomic E-state index is 12.7. The highest BCUT2D eigenvalue weighted by atomic mass is 32.2. The van der Waals surface area contributed by atoms with Gasteiger partial charge in [0.25, 0.3) is 5.91 Å². The smallest absolute Gasteiger partial charge is 0.257 e. The van der Waals surface area contributed by atoms with Crippen molar-refractivity contribution < 1.29 is 17.9 Å². The van der Waals surface area contributed by atoms with Crippen molar-refractivity contribution in [3.8, 4) is 5.75 Å². The second kappa shape index (κ2) is 7.31. The molecule has 128 valence electrons. The number of carbonyl (C=O) groups is 1. The number of hydrogen-bond donors (Lipinski definition) is 1. The van der Waals surface area contributed by atoms with Gasteiger partial charge in [-0.25, -0.2) is 8.42 Å². The van der Waals surface area contributed by atoms with E-state index in [1.54, 1.807) is 29.4 Å². The number of rotatable bonds is 5. The SMILES string of the molecule is CNC(=O)COc1ccc(S(=O)(=O)N2CCCC(C)C2)cc1C. The molecule has 6 nitrogen and oxygen atoms in total. The Morgan fingerprint density at radius 1 is 1.43 bits per heavy atom. The minimum Gasteiger partial charge on any atom is -0.484 e. The second-order valence-electron chi connectivity index (χ2n) is 6.00. The van der Waals surface area contributed by atoms with Gasteiger partial charge in [0.15, 0.2) is 6.61 Å². The first-order valence-corrected chi connectivity index (χ1v) is 9.22. The lowest BCUT2D eigenvalue weighted by molar-refractivity contribution is -0.122. The van der Waals surface area contributed by atoms with Crippen LogP contribution < -0.4 is 10.1 Å². The van der Waals surface area contributed by atoms with E-state index >= 15 is 0 Å². The van der Waals surface area contributed by atoms with Gasteiger partial charge in [-0.05, 0) is 49.4 Å². The Kier molecular flexibility index (Phi) is 5.64. The third-order valence-corrected chi connectivity index (χ3v) is 5.90. The number of piperidine rings is 1. The number of aryl methyl sites for hydroxylation is 1. The fourth-order valence-electron chi connectivity index (χ4n) is 2.67. The van der Waals surface area contributed by atoms with E-state index in [2.05, 4.69) is 12.2 Å². The van der Waals surface area contributed by atoms with Crippen molar-refractivity contribution >= 4 is 15.9 Å². The summed E-state index contributed by atoms with van der Waals surface area (Å²) in [6, 6.07) is 4.76. The average molecular weight is 340 g/mol. The first-order valence-electron chi connectivity index (χ1n) is 7.78. The van der Waals surface area contributed by atoms with E-state index in [0.717, 1.165) is 12.8 Å². The Hall–Kier alpha value is -1.60. The zero-order valence-corrected chi connectivity index (χ0v) is 14.6. The van der Waals surface area contributed by atoms with Gasteiger partial charge < -0.3 is 10.1 Å². The molecule has 1 atom stereocenters. The minimum absolute atomic E-state index is 0.0902. The van der Waals surface area contributed by atoms with E-state index in [1.165, 1.54) is 7.05 Å². The van der Waals surface area contributed by atoms with Crippen LogP contribution in [0.2, 0.25) is 0 Å². The van der Waals surface area contributed by atoms with Crippen LogP contribution in [0.5, 0.6) is 5.75 Å². The molecule has 1 heterocycles. The number of amides is 1. The summed E-state index contributed by atoms with van der Waals surface area (Å²) in [5.74, 6) is 0.665. The van der Waals surface area contributed by atoms with E-state index in [1.807, 2.05) is 0 Å². The van der Waals surface area contributed by atoms with E-state index in [0.29, 0.717) is 30.3 Å². The van der Waals surface area contributed by atoms with Crippen molar-refractivity contribution in [1.82, 2.24) is 9.62 Å². The summed E-state index contributed by atoms with van der Waals surface area (Å²) in [6.07, 6.45) is 1.96. The van der Waals surface area contributed by atoms with Crippen LogP contribution >= 0.6 is 0 Å². The molecule has 1 saturated heterocycles. The third kappa shape index (κ3) is 4.23. The predicted molar refractivity (Wildman–Crippen MR) is 87.9 cm³/mol. The predicted octanol–water partition coefficient (Wildman–Crippen LogP) is 1.54. The van der Waals surface area contributed by atoms with Gasteiger partial charge in [0.2, 0.25) is 10.0 Å². The maximum atomic E-state index is 12.7. The van der Waals surface area contributed by atoms with Crippen LogP contribution in [-0.2, 0) is 14.8 Å². The van der Waals surface area contributed by atoms with E-state index in [4.69, 9.17) is 4.74 Å². The number of nitrogens with one attached hydrogen (secondary N) is 1. The summed E-state index contributed by atoms with van der Waals surface area (Å²) in [5, 5.41) is 2.47. The normalized spacial score (nSPS) is 19.3. The molecular formula is C16H24N2O4S.